The fraction of sp³-hybridized carbons (Fsp3) is 0.520. The smallest absolute Gasteiger partial charge is 0.131 e. The molecular formula is C25H29F3. The van der Waals surface area contributed by atoms with Crippen molar-refractivity contribution in [1.82, 2.24) is 0 Å². The first-order valence-corrected chi connectivity index (χ1v) is 10.8. The highest BCUT2D eigenvalue weighted by Crippen LogP contribution is 2.48. The molecule has 2 aliphatic carbocycles. The summed E-state index contributed by atoms with van der Waals surface area (Å²) in [7, 11) is 0. The molecule has 2 aliphatic rings. The van der Waals surface area contributed by atoms with Crippen molar-refractivity contribution in [2.75, 3.05) is 0 Å². The molecule has 2 fully saturated rings. The molecular weight excluding hydrogens is 357 g/mol. The molecule has 150 valence electrons. The maximum atomic E-state index is 14.8. The van der Waals surface area contributed by atoms with E-state index in [0.29, 0.717) is 5.92 Å². The quantitative estimate of drug-likeness (QED) is 0.501. The van der Waals surface area contributed by atoms with Crippen LogP contribution < -0.4 is 0 Å². The Morgan fingerprint density at radius 2 is 1.54 bits per heavy atom. The van der Waals surface area contributed by atoms with Gasteiger partial charge in [-0.1, -0.05) is 38.3 Å². The molecule has 0 saturated heterocycles. The molecule has 3 heteroatoms. The van der Waals surface area contributed by atoms with Crippen LogP contribution >= 0.6 is 0 Å². The lowest BCUT2D eigenvalue weighted by Gasteiger charge is -2.42. The molecule has 0 heterocycles. The van der Waals surface area contributed by atoms with E-state index in [4.69, 9.17) is 0 Å². The Bertz CT molecular complexity index is 808. The fourth-order valence-electron chi connectivity index (χ4n) is 5.69. The van der Waals surface area contributed by atoms with Crippen LogP contribution in [0.15, 0.2) is 36.4 Å². The first-order chi connectivity index (χ1) is 13.5. The summed E-state index contributed by atoms with van der Waals surface area (Å²) in [6.45, 7) is 2.28. The number of rotatable bonds is 4. The van der Waals surface area contributed by atoms with E-state index in [-0.39, 0.29) is 11.1 Å². The molecule has 0 nitrogen and oxygen atoms in total. The summed E-state index contributed by atoms with van der Waals surface area (Å²) in [6, 6.07) is 8.40. The van der Waals surface area contributed by atoms with E-state index in [2.05, 4.69) is 6.92 Å². The normalized spacial score (nSPS) is 27.4. The van der Waals surface area contributed by atoms with E-state index in [1.54, 1.807) is 12.1 Å². The SMILES string of the molecule is CCCC1CC[C@@H]2C[C@H](c3ccc(-c4cc(F)cc(F)c4)c(F)c3)CC[C@@H]2C1. The molecule has 2 aromatic carbocycles. The molecule has 0 amide bonds. The Morgan fingerprint density at radius 1 is 0.821 bits per heavy atom. The van der Waals surface area contributed by atoms with Gasteiger partial charge in [0.15, 0.2) is 0 Å². The summed E-state index contributed by atoms with van der Waals surface area (Å²) in [6.07, 6.45) is 10.2. The number of benzene rings is 2. The van der Waals surface area contributed by atoms with E-state index in [0.717, 1.165) is 42.2 Å². The average molecular weight is 387 g/mol. The minimum Gasteiger partial charge on any atom is -0.207 e. The van der Waals surface area contributed by atoms with E-state index >= 15 is 0 Å². The average Bonchev–Trinajstić information content (AvgIpc) is 2.67. The van der Waals surface area contributed by atoms with Gasteiger partial charge >= 0.3 is 0 Å². The second-order valence-electron chi connectivity index (χ2n) is 8.90. The minimum atomic E-state index is -0.685. The standard InChI is InChI=1S/C25H29F3/c1-2-3-16-4-5-18-11-19(7-6-17(18)10-16)20-8-9-24(25(28)14-20)21-12-22(26)15-23(27)13-21/h8-9,12-19H,2-7,10-11H2,1H3/t16?,17-,18-,19-/m1/s1. The van der Waals surface area contributed by atoms with Gasteiger partial charge in [-0.15, -0.1) is 0 Å². The van der Waals surface area contributed by atoms with Crippen LogP contribution in [-0.2, 0) is 0 Å². The van der Waals surface area contributed by atoms with Crippen molar-refractivity contribution in [2.24, 2.45) is 17.8 Å². The second-order valence-corrected chi connectivity index (χ2v) is 8.90. The van der Waals surface area contributed by atoms with Crippen LogP contribution in [0.2, 0.25) is 0 Å². The van der Waals surface area contributed by atoms with Crippen molar-refractivity contribution >= 4 is 0 Å². The van der Waals surface area contributed by atoms with Gasteiger partial charge in [-0.05, 0) is 85.1 Å². The predicted octanol–water partition coefficient (Wildman–Crippen LogP) is 7.87. The van der Waals surface area contributed by atoms with Gasteiger partial charge in [0.25, 0.3) is 0 Å². The zero-order valence-electron chi connectivity index (χ0n) is 16.6. The molecule has 28 heavy (non-hydrogen) atoms. The Morgan fingerprint density at radius 3 is 2.25 bits per heavy atom. The van der Waals surface area contributed by atoms with Crippen LogP contribution in [0.3, 0.4) is 0 Å². The van der Waals surface area contributed by atoms with Gasteiger partial charge in [0.2, 0.25) is 0 Å². The lowest BCUT2D eigenvalue weighted by Crippen LogP contribution is -2.30. The topological polar surface area (TPSA) is 0 Å². The molecule has 2 saturated carbocycles. The third kappa shape index (κ3) is 4.14. The lowest BCUT2D eigenvalue weighted by atomic mass is 9.63. The van der Waals surface area contributed by atoms with Crippen molar-refractivity contribution < 1.29 is 13.2 Å². The summed E-state index contributed by atoms with van der Waals surface area (Å²) in [5, 5.41) is 0. The first kappa shape index (κ1) is 19.5. The Labute approximate surface area is 166 Å². The molecule has 0 N–H and O–H groups in total. The summed E-state index contributed by atoms with van der Waals surface area (Å²) >= 11 is 0. The summed E-state index contributed by atoms with van der Waals surface area (Å²) in [5.41, 5.74) is 1.54. The van der Waals surface area contributed by atoms with Gasteiger partial charge < -0.3 is 0 Å². The zero-order valence-corrected chi connectivity index (χ0v) is 16.6. The molecule has 4 atom stereocenters. The minimum absolute atomic E-state index is 0.250. The van der Waals surface area contributed by atoms with Gasteiger partial charge in [-0.25, -0.2) is 13.2 Å². The van der Waals surface area contributed by atoms with Gasteiger partial charge in [0, 0.05) is 11.6 Å². The van der Waals surface area contributed by atoms with Crippen LogP contribution in [0.5, 0.6) is 0 Å². The van der Waals surface area contributed by atoms with Gasteiger partial charge in [0.1, 0.15) is 17.5 Å². The number of fused-ring (bicyclic) bond motifs is 1. The molecule has 0 radical (unpaired) electrons. The van der Waals surface area contributed by atoms with Crippen LogP contribution in [0.1, 0.15) is 69.8 Å². The molecule has 2 aromatic rings. The zero-order chi connectivity index (χ0) is 19.7. The van der Waals surface area contributed by atoms with Crippen molar-refractivity contribution in [3.63, 3.8) is 0 Å². The maximum Gasteiger partial charge on any atom is 0.131 e. The van der Waals surface area contributed by atoms with Crippen molar-refractivity contribution in [1.29, 1.82) is 0 Å². The summed E-state index contributed by atoms with van der Waals surface area (Å²) < 4.78 is 41.8. The third-order valence-electron chi connectivity index (χ3n) is 7.06. The van der Waals surface area contributed by atoms with E-state index < -0.39 is 17.5 Å². The highest BCUT2D eigenvalue weighted by atomic mass is 19.1. The largest absolute Gasteiger partial charge is 0.207 e. The Balaban J connectivity index is 1.48. The molecule has 0 spiro atoms. The number of halogens is 3. The maximum absolute atomic E-state index is 14.8. The Hall–Kier alpha value is -1.77. The third-order valence-corrected chi connectivity index (χ3v) is 7.06. The van der Waals surface area contributed by atoms with Crippen LogP contribution in [0, 0.1) is 35.2 Å². The van der Waals surface area contributed by atoms with Gasteiger partial charge in [-0.2, -0.15) is 0 Å². The number of hydrogen-bond acceptors (Lipinski definition) is 0. The van der Waals surface area contributed by atoms with Crippen molar-refractivity contribution in [2.45, 2.75) is 64.2 Å². The van der Waals surface area contributed by atoms with E-state index in [1.165, 1.54) is 50.7 Å². The van der Waals surface area contributed by atoms with Gasteiger partial charge in [0.05, 0.1) is 0 Å². The second kappa shape index (κ2) is 8.31. The monoisotopic (exact) mass is 386 g/mol. The highest BCUT2D eigenvalue weighted by molar-refractivity contribution is 5.64. The van der Waals surface area contributed by atoms with Crippen LogP contribution in [0.4, 0.5) is 13.2 Å². The Kier molecular flexibility index (Phi) is 5.80. The predicted molar refractivity (Wildman–Crippen MR) is 108 cm³/mol. The molecule has 4 rings (SSSR count). The summed E-state index contributed by atoms with van der Waals surface area (Å²) in [5.74, 6) is 1.16. The molecule has 0 bridgehead atoms. The lowest BCUT2D eigenvalue weighted by molar-refractivity contribution is 0.114. The number of hydrogen-bond donors (Lipinski definition) is 0. The van der Waals surface area contributed by atoms with Gasteiger partial charge in [-0.3, -0.25) is 0 Å². The van der Waals surface area contributed by atoms with Crippen molar-refractivity contribution in [3.05, 3.63) is 59.4 Å². The van der Waals surface area contributed by atoms with Crippen LogP contribution in [0.25, 0.3) is 11.1 Å². The van der Waals surface area contributed by atoms with E-state index in [1.807, 2.05) is 6.07 Å². The van der Waals surface area contributed by atoms with Crippen LogP contribution in [-0.4, -0.2) is 0 Å². The first-order valence-electron chi connectivity index (χ1n) is 10.8. The molecule has 1 unspecified atom stereocenters. The fourth-order valence-corrected chi connectivity index (χ4v) is 5.69. The highest BCUT2D eigenvalue weighted by Gasteiger charge is 2.35. The van der Waals surface area contributed by atoms with Crippen molar-refractivity contribution in [3.8, 4) is 11.1 Å². The summed E-state index contributed by atoms with van der Waals surface area (Å²) in [4.78, 5) is 0. The van der Waals surface area contributed by atoms with E-state index in [9.17, 15) is 13.2 Å². The molecule has 0 aliphatic heterocycles. The molecule has 0 aromatic heterocycles.